The lowest BCUT2D eigenvalue weighted by Gasteiger charge is -2.17. The molecule has 0 aliphatic heterocycles. The number of carbonyl (C=O) groups is 1. The van der Waals surface area contributed by atoms with E-state index in [1.807, 2.05) is 0 Å². The third-order valence-electron chi connectivity index (χ3n) is 2.40. The Kier molecular flexibility index (Phi) is 4.45. The second-order valence-corrected chi connectivity index (χ2v) is 4.26. The van der Waals surface area contributed by atoms with Crippen LogP contribution in [0.25, 0.3) is 0 Å². The van der Waals surface area contributed by atoms with Crippen LogP contribution < -0.4 is 5.32 Å². The minimum absolute atomic E-state index is 0.0744. The highest BCUT2D eigenvalue weighted by molar-refractivity contribution is 5.73. The average Bonchev–Trinajstić information content (AvgIpc) is 2.14. The van der Waals surface area contributed by atoms with Crippen LogP contribution in [-0.4, -0.2) is 22.2 Å². The van der Waals surface area contributed by atoms with E-state index in [-0.39, 0.29) is 18.2 Å². The third-order valence-corrected chi connectivity index (χ3v) is 2.40. The van der Waals surface area contributed by atoms with E-state index in [0.717, 1.165) is 6.07 Å². The van der Waals surface area contributed by atoms with Crippen molar-refractivity contribution in [3.8, 4) is 5.75 Å². The smallest absolute Gasteiger partial charge is 0.320 e. The highest BCUT2D eigenvalue weighted by atomic mass is 19.1. The van der Waals surface area contributed by atoms with Gasteiger partial charge in [0, 0.05) is 12.6 Å². The van der Waals surface area contributed by atoms with Crippen LogP contribution in [0.3, 0.4) is 0 Å². The number of phenols is 1. The van der Waals surface area contributed by atoms with Crippen LogP contribution >= 0.6 is 0 Å². The van der Waals surface area contributed by atoms with Crippen molar-refractivity contribution in [1.29, 1.82) is 0 Å². The minimum Gasteiger partial charge on any atom is -0.508 e. The van der Waals surface area contributed by atoms with Gasteiger partial charge in [-0.1, -0.05) is 13.8 Å². The summed E-state index contributed by atoms with van der Waals surface area (Å²) in [5.74, 6) is -1.73. The first kappa shape index (κ1) is 13.4. The number of hydrogen-bond donors (Lipinski definition) is 3. The zero-order valence-electron chi connectivity index (χ0n) is 9.77. The Hall–Kier alpha value is -1.62. The van der Waals surface area contributed by atoms with Crippen LogP contribution in [0.1, 0.15) is 19.4 Å². The van der Waals surface area contributed by atoms with Crippen molar-refractivity contribution in [2.24, 2.45) is 5.92 Å². The summed E-state index contributed by atoms with van der Waals surface area (Å²) in [6, 6.07) is 2.96. The summed E-state index contributed by atoms with van der Waals surface area (Å²) in [5, 5.41) is 21.0. The maximum atomic E-state index is 13.0. The van der Waals surface area contributed by atoms with Crippen LogP contribution in [0.5, 0.6) is 5.75 Å². The topological polar surface area (TPSA) is 69.6 Å². The molecule has 0 aromatic heterocycles. The highest BCUT2D eigenvalue weighted by Crippen LogP contribution is 2.15. The zero-order chi connectivity index (χ0) is 13.0. The molecule has 0 bridgehead atoms. The van der Waals surface area contributed by atoms with Crippen molar-refractivity contribution in [3.05, 3.63) is 29.6 Å². The summed E-state index contributed by atoms with van der Waals surface area (Å²) < 4.78 is 13.0. The van der Waals surface area contributed by atoms with Gasteiger partial charge in [-0.2, -0.15) is 0 Å². The minimum atomic E-state index is -0.944. The molecule has 0 aliphatic carbocycles. The summed E-state index contributed by atoms with van der Waals surface area (Å²) in [7, 11) is 0. The molecule has 0 saturated carbocycles. The molecule has 0 radical (unpaired) electrons. The van der Waals surface area contributed by atoms with Crippen LogP contribution in [0, 0.1) is 11.7 Å². The molecule has 0 heterocycles. The standard InChI is InChI=1S/C12H16FNO3/c1-7(2)11(12(16)17)14-6-8-3-9(13)5-10(15)4-8/h3-5,7,11,14-15H,6H2,1-2H3,(H,16,17). The molecule has 4 nitrogen and oxygen atoms in total. The van der Waals surface area contributed by atoms with Crippen molar-refractivity contribution in [2.75, 3.05) is 0 Å². The zero-order valence-corrected chi connectivity index (χ0v) is 9.77. The molecule has 0 saturated heterocycles. The van der Waals surface area contributed by atoms with Crippen LogP contribution in [0.15, 0.2) is 18.2 Å². The number of carboxylic acid groups (broad SMARTS) is 1. The predicted octanol–water partition coefficient (Wildman–Crippen LogP) is 1.73. The van der Waals surface area contributed by atoms with Gasteiger partial charge in [-0.05, 0) is 23.6 Å². The summed E-state index contributed by atoms with van der Waals surface area (Å²) in [6.07, 6.45) is 0. The van der Waals surface area contributed by atoms with Gasteiger partial charge in [-0.15, -0.1) is 0 Å². The molecule has 0 fully saturated rings. The Morgan fingerprint density at radius 1 is 1.41 bits per heavy atom. The molecule has 3 N–H and O–H groups in total. The number of aliphatic carboxylic acids is 1. The molecule has 0 spiro atoms. The molecule has 5 heteroatoms. The number of benzene rings is 1. The molecule has 0 aliphatic rings. The number of rotatable bonds is 5. The molecular formula is C12H16FNO3. The fraction of sp³-hybridized carbons (Fsp3) is 0.417. The van der Waals surface area contributed by atoms with Gasteiger partial charge in [0.25, 0.3) is 0 Å². The molecule has 0 amide bonds. The van der Waals surface area contributed by atoms with Crippen LogP contribution in [0.2, 0.25) is 0 Å². The predicted molar refractivity (Wildman–Crippen MR) is 61.2 cm³/mol. The summed E-state index contributed by atoms with van der Waals surface area (Å²) >= 11 is 0. The fourth-order valence-electron chi connectivity index (χ4n) is 1.57. The monoisotopic (exact) mass is 241 g/mol. The van der Waals surface area contributed by atoms with Crippen molar-refractivity contribution in [3.63, 3.8) is 0 Å². The summed E-state index contributed by atoms with van der Waals surface area (Å²) in [4.78, 5) is 10.9. The molecule has 1 aromatic rings. The third kappa shape index (κ3) is 4.03. The van der Waals surface area contributed by atoms with Crippen LogP contribution in [0.4, 0.5) is 4.39 Å². The second kappa shape index (κ2) is 5.63. The lowest BCUT2D eigenvalue weighted by atomic mass is 10.0. The van der Waals surface area contributed by atoms with Crippen LogP contribution in [-0.2, 0) is 11.3 Å². The number of nitrogens with one attached hydrogen (secondary N) is 1. The molecule has 1 atom stereocenters. The molecule has 17 heavy (non-hydrogen) atoms. The van der Waals surface area contributed by atoms with Gasteiger partial charge in [0.15, 0.2) is 0 Å². The van der Waals surface area contributed by atoms with Gasteiger partial charge in [0.1, 0.15) is 17.6 Å². The molecule has 1 unspecified atom stereocenters. The number of carboxylic acids is 1. The van der Waals surface area contributed by atoms with E-state index in [4.69, 9.17) is 5.11 Å². The normalized spacial score (nSPS) is 12.7. The molecule has 1 aromatic carbocycles. The van der Waals surface area contributed by atoms with Gasteiger partial charge in [-0.3, -0.25) is 4.79 Å². The van der Waals surface area contributed by atoms with E-state index >= 15 is 0 Å². The quantitative estimate of drug-likeness (QED) is 0.734. The van der Waals surface area contributed by atoms with E-state index in [2.05, 4.69) is 5.32 Å². The Morgan fingerprint density at radius 2 is 2.06 bits per heavy atom. The second-order valence-electron chi connectivity index (χ2n) is 4.26. The maximum Gasteiger partial charge on any atom is 0.320 e. The Morgan fingerprint density at radius 3 is 2.53 bits per heavy atom. The molecule has 94 valence electrons. The van der Waals surface area contributed by atoms with Crippen molar-refractivity contribution in [2.45, 2.75) is 26.4 Å². The van der Waals surface area contributed by atoms with Gasteiger partial charge < -0.3 is 15.5 Å². The highest BCUT2D eigenvalue weighted by Gasteiger charge is 2.20. The summed E-state index contributed by atoms with van der Waals surface area (Å²) in [6.45, 7) is 3.77. The number of aromatic hydroxyl groups is 1. The lowest BCUT2D eigenvalue weighted by Crippen LogP contribution is -2.40. The van der Waals surface area contributed by atoms with Crippen molar-refractivity contribution < 1.29 is 19.4 Å². The van der Waals surface area contributed by atoms with Gasteiger partial charge in [0.2, 0.25) is 0 Å². The Bertz CT molecular complexity index is 386. The number of halogens is 1. The maximum absolute atomic E-state index is 13.0. The van der Waals surface area contributed by atoms with Gasteiger partial charge in [-0.25, -0.2) is 4.39 Å². The first-order valence-corrected chi connectivity index (χ1v) is 5.34. The van der Waals surface area contributed by atoms with Gasteiger partial charge in [0.05, 0.1) is 0 Å². The largest absolute Gasteiger partial charge is 0.508 e. The number of phenolic OH excluding ortho intramolecular Hbond substituents is 1. The van der Waals surface area contributed by atoms with E-state index in [9.17, 15) is 14.3 Å². The number of hydrogen-bond acceptors (Lipinski definition) is 3. The van der Waals surface area contributed by atoms with Crippen molar-refractivity contribution >= 4 is 5.97 Å². The Labute approximate surface area is 99.1 Å². The Balaban J connectivity index is 2.68. The van der Waals surface area contributed by atoms with Crippen molar-refractivity contribution in [1.82, 2.24) is 5.32 Å². The van der Waals surface area contributed by atoms with E-state index in [0.29, 0.717) is 5.56 Å². The first-order chi connectivity index (χ1) is 7.90. The van der Waals surface area contributed by atoms with E-state index in [1.165, 1.54) is 12.1 Å². The van der Waals surface area contributed by atoms with E-state index in [1.54, 1.807) is 13.8 Å². The molecular weight excluding hydrogens is 225 g/mol. The fourth-order valence-corrected chi connectivity index (χ4v) is 1.57. The molecule has 1 rings (SSSR count). The average molecular weight is 241 g/mol. The lowest BCUT2D eigenvalue weighted by molar-refractivity contribution is -0.140. The first-order valence-electron chi connectivity index (χ1n) is 5.34. The summed E-state index contributed by atoms with van der Waals surface area (Å²) in [5.41, 5.74) is 0.509. The van der Waals surface area contributed by atoms with Gasteiger partial charge >= 0.3 is 5.97 Å². The SMILES string of the molecule is CC(C)C(NCc1cc(O)cc(F)c1)C(=O)O. The van der Waals surface area contributed by atoms with E-state index < -0.39 is 17.8 Å².